The van der Waals surface area contributed by atoms with E-state index >= 15 is 0 Å². The van der Waals surface area contributed by atoms with E-state index in [2.05, 4.69) is 19.4 Å². The highest BCUT2D eigenvalue weighted by molar-refractivity contribution is 7.92. The highest BCUT2D eigenvalue weighted by Crippen LogP contribution is 2.34. The Morgan fingerprint density at radius 1 is 1.03 bits per heavy atom. The Hall–Kier alpha value is -3.91. The molecular weight excluding hydrogens is 563 g/mol. The number of ether oxygens (including phenoxy) is 1. The molecule has 0 saturated heterocycles. The van der Waals surface area contributed by atoms with Crippen LogP contribution in [0.5, 0.6) is 0 Å². The molecule has 1 heterocycles. The van der Waals surface area contributed by atoms with Gasteiger partial charge in [0.05, 0.1) is 11.5 Å². The molecule has 0 radical (unpaired) electrons. The second-order valence-corrected chi connectivity index (χ2v) is 10.2. The SMILES string of the molecule is CCOC(=O)[C@](NC(=O)c1cccc(Cl)c1)(Nc1ccc(S(=O)(=O)Nc2cc(C)nc(C)n2)cc1)C(F)(F)F. The minimum Gasteiger partial charge on any atom is -0.463 e. The van der Waals surface area contributed by atoms with Crippen LogP contribution in [0.15, 0.2) is 59.5 Å². The Morgan fingerprint density at radius 3 is 2.26 bits per heavy atom. The standard InChI is InChI=1S/C24H23ClF3N5O5S/c1-4-38-22(35)23(24(26,27)28,32-21(34)16-6-5-7-17(25)13-16)31-18-8-10-19(11-9-18)39(36,37)33-20-12-14(2)29-15(3)30-20/h5-13,31H,4H2,1-3H3,(H,32,34)(H,29,30,33)/t23-/m1/s1. The highest BCUT2D eigenvalue weighted by atomic mass is 35.5. The molecule has 2 aromatic carbocycles. The number of rotatable bonds is 9. The number of benzene rings is 2. The van der Waals surface area contributed by atoms with Gasteiger partial charge in [0.25, 0.3) is 15.9 Å². The van der Waals surface area contributed by atoms with Crippen molar-refractivity contribution in [3.63, 3.8) is 0 Å². The number of alkyl halides is 3. The van der Waals surface area contributed by atoms with Crippen molar-refractivity contribution in [1.82, 2.24) is 15.3 Å². The smallest absolute Gasteiger partial charge is 0.441 e. The van der Waals surface area contributed by atoms with E-state index in [1.165, 1.54) is 31.2 Å². The van der Waals surface area contributed by atoms with Crippen LogP contribution < -0.4 is 15.4 Å². The molecule has 1 atom stereocenters. The number of hydrogen-bond acceptors (Lipinski definition) is 8. The summed E-state index contributed by atoms with van der Waals surface area (Å²) in [6.45, 7) is 4.10. The van der Waals surface area contributed by atoms with E-state index in [0.717, 1.165) is 30.3 Å². The van der Waals surface area contributed by atoms with E-state index in [0.29, 0.717) is 11.5 Å². The number of carbonyl (C=O) groups is 2. The Labute approximate surface area is 227 Å². The van der Waals surface area contributed by atoms with E-state index < -0.39 is 40.3 Å². The summed E-state index contributed by atoms with van der Waals surface area (Å²) >= 11 is 5.84. The first-order valence-electron chi connectivity index (χ1n) is 11.2. The quantitative estimate of drug-likeness (QED) is 0.251. The number of hydrogen-bond donors (Lipinski definition) is 3. The summed E-state index contributed by atoms with van der Waals surface area (Å²) < 4.78 is 75.8. The molecule has 0 aliphatic rings. The van der Waals surface area contributed by atoms with Crippen molar-refractivity contribution in [2.24, 2.45) is 0 Å². The zero-order valence-corrected chi connectivity index (χ0v) is 22.3. The summed E-state index contributed by atoms with van der Waals surface area (Å²) in [6.07, 6.45) is -5.40. The van der Waals surface area contributed by atoms with E-state index in [1.807, 2.05) is 5.32 Å². The van der Waals surface area contributed by atoms with Crippen LogP contribution in [-0.4, -0.2) is 48.7 Å². The molecule has 1 aromatic heterocycles. The molecule has 10 nitrogen and oxygen atoms in total. The lowest BCUT2D eigenvalue weighted by Crippen LogP contribution is -2.69. The van der Waals surface area contributed by atoms with Gasteiger partial charge in [-0.2, -0.15) is 13.2 Å². The van der Waals surface area contributed by atoms with Gasteiger partial charge in [-0.25, -0.2) is 23.2 Å². The molecule has 208 valence electrons. The molecule has 3 N–H and O–H groups in total. The van der Waals surface area contributed by atoms with Crippen LogP contribution >= 0.6 is 11.6 Å². The molecule has 0 fully saturated rings. The fraction of sp³-hybridized carbons (Fsp3) is 0.250. The minimum absolute atomic E-state index is 0.00401. The zero-order chi connectivity index (χ0) is 29.0. The van der Waals surface area contributed by atoms with Crippen molar-refractivity contribution in [3.05, 3.63) is 76.7 Å². The monoisotopic (exact) mass is 585 g/mol. The number of anilines is 2. The fourth-order valence-electron chi connectivity index (χ4n) is 3.40. The third kappa shape index (κ3) is 6.95. The lowest BCUT2D eigenvalue weighted by Gasteiger charge is -2.35. The summed E-state index contributed by atoms with van der Waals surface area (Å²) in [7, 11) is -4.18. The summed E-state index contributed by atoms with van der Waals surface area (Å²) in [5.41, 5.74) is -3.80. The summed E-state index contributed by atoms with van der Waals surface area (Å²) in [5.74, 6) is -2.77. The van der Waals surface area contributed by atoms with Gasteiger partial charge in [-0.05, 0) is 63.2 Å². The number of esters is 1. The van der Waals surface area contributed by atoms with E-state index in [4.69, 9.17) is 11.6 Å². The maximum atomic E-state index is 14.4. The molecule has 0 aliphatic heterocycles. The Bertz CT molecular complexity index is 1470. The van der Waals surface area contributed by atoms with Crippen LogP contribution in [0.3, 0.4) is 0 Å². The van der Waals surface area contributed by atoms with Gasteiger partial charge in [0, 0.05) is 28.0 Å². The van der Waals surface area contributed by atoms with Crippen LogP contribution in [0.1, 0.15) is 28.8 Å². The topological polar surface area (TPSA) is 139 Å². The van der Waals surface area contributed by atoms with Gasteiger partial charge < -0.3 is 15.4 Å². The molecular formula is C24H23ClF3N5O5S. The van der Waals surface area contributed by atoms with Crippen LogP contribution in [0.2, 0.25) is 5.02 Å². The minimum atomic E-state index is -5.40. The molecule has 3 rings (SSSR count). The third-order valence-electron chi connectivity index (χ3n) is 5.10. The zero-order valence-electron chi connectivity index (χ0n) is 20.8. The van der Waals surface area contributed by atoms with Crippen LogP contribution in [0.4, 0.5) is 24.7 Å². The first-order chi connectivity index (χ1) is 18.2. The molecule has 15 heteroatoms. The van der Waals surface area contributed by atoms with E-state index in [9.17, 15) is 31.2 Å². The number of carbonyl (C=O) groups excluding carboxylic acids is 2. The van der Waals surface area contributed by atoms with Crippen LogP contribution in [0.25, 0.3) is 0 Å². The Balaban J connectivity index is 1.95. The second-order valence-electron chi connectivity index (χ2n) is 8.13. The molecule has 0 bridgehead atoms. The van der Waals surface area contributed by atoms with Crippen molar-refractivity contribution >= 4 is 45.0 Å². The predicted molar refractivity (Wildman–Crippen MR) is 137 cm³/mol. The van der Waals surface area contributed by atoms with Crippen molar-refractivity contribution in [2.45, 2.75) is 37.5 Å². The number of amides is 1. The van der Waals surface area contributed by atoms with Crippen molar-refractivity contribution in [3.8, 4) is 0 Å². The summed E-state index contributed by atoms with van der Waals surface area (Å²) in [5, 5.41) is 3.74. The third-order valence-corrected chi connectivity index (χ3v) is 6.70. The van der Waals surface area contributed by atoms with E-state index in [1.54, 1.807) is 19.2 Å². The number of aromatic nitrogens is 2. The fourth-order valence-corrected chi connectivity index (χ4v) is 4.58. The van der Waals surface area contributed by atoms with Crippen molar-refractivity contribution in [1.29, 1.82) is 0 Å². The number of sulfonamides is 1. The number of halogens is 4. The Morgan fingerprint density at radius 2 is 1.69 bits per heavy atom. The maximum absolute atomic E-state index is 14.4. The number of nitrogens with one attached hydrogen (secondary N) is 3. The normalized spacial score (nSPS) is 13.2. The first-order valence-corrected chi connectivity index (χ1v) is 13.1. The van der Waals surface area contributed by atoms with Gasteiger partial charge in [-0.15, -0.1) is 0 Å². The van der Waals surface area contributed by atoms with Crippen LogP contribution in [-0.2, 0) is 19.6 Å². The van der Waals surface area contributed by atoms with Gasteiger partial charge >= 0.3 is 17.8 Å². The molecule has 3 aromatic rings. The molecule has 39 heavy (non-hydrogen) atoms. The molecule has 0 aliphatic carbocycles. The lowest BCUT2D eigenvalue weighted by atomic mass is 10.1. The largest absolute Gasteiger partial charge is 0.463 e. The number of aryl methyl sites for hydroxylation is 2. The average molecular weight is 586 g/mol. The van der Waals surface area contributed by atoms with Gasteiger partial charge in [0.15, 0.2) is 0 Å². The lowest BCUT2D eigenvalue weighted by molar-refractivity contribution is -0.204. The van der Waals surface area contributed by atoms with Crippen molar-refractivity contribution < 1.29 is 35.9 Å². The average Bonchev–Trinajstić information content (AvgIpc) is 2.82. The van der Waals surface area contributed by atoms with Gasteiger partial charge in [0.2, 0.25) is 0 Å². The summed E-state index contributed by atoms with van der Waals surface area (Å²) in [4.78, 5) is 33.2. The van der Waals surface area contributed by atoms with Gasteiger partial charge in [-0.1, -0.05) is 17.7 Å². The maximum Gasteiger partial charge on any atom is 0.441 e. The molecule has 0 spiro atoms. The first kappa shape index (κ1) is 29.6. The van der Waals surface area contributed by atoms with Gasteiger partial charge in [-0.3, -0.25) is 9.52 Å². The molecule has 0 saturated carbocycles. The Kier molecular flexibility index (Phi) is 8.70. The second kappa shape index (κ2) is 11.5. The predicted octanol–water partition coefficient (Wildman–Crippen LogP) is 4.21. The van der Waals surface area contributed by atoms with E-state index in [-0.39, 0.29) is 27.0 Å². The highest BCUT2D eigenvalue weighted by Gasteiger charge is 2.63. The van der Waals surface area contributed by atoms with Crippen LogP contribution in [0, 0.1) is 13.8 Å². The number of nitrogens with zero attached hydrogens (tertiary/aromatic N) is 2. The molecule has 0 unspecified atom stereocenters. The molecule has 1 amide bonds. The summed E-state index contributed by atoms with van der Waals surface area (Å²) in [6, 6.07) is 10.5. The van der Waals surface area contributed by atoms with Crippen molar-refractivity contribution in [2.75, 3.05) is 16.6 Å². The van der Waals surface area contributed by atoms with Gasteiger partial charge in [0.1, 0.15) is 11.6 Å².